The number of fused-ring (bicyclic) bond motifs is 1. The average molecular weight is 447 g/mol. The van der Waals surface area contributed by atoms with Crippen LogP contribution in [0.4, 0.5) is 8.78 Å². The van der Waals surface area contributed by atoms with Crippen LogP contribution >= 0.6 is 0 Å². The van der Waals surface area contributed by atoms with Crippen molar-refractivity contribution in [3.8, 4) is 11.5 Å². The second kappa shape index (κ2) is 10.4. The van der Waals surface area contributed by atoms with Crippen LogP contribution in [-0.2, 0) is 4.79 Å². The van der Waals surface area contributed by atoms with Crippen molar-refractivity contribution in [2.45, 2.75) is 71.1 Å². The third-order valence-electron chi connectivity index (χ3n) is 8.25. The van der Waals surface area contributed by atoms with E-state index in [1.807, 2.05) is 0 Å². The number of esters is 1. The molecular weight excluding hydrogens is 410 g/mol. The van der Waals surface area contributed by atoms with Gasteiger partial charge in [-0.2, -0.15) is 0 Å². The molecule has 1 aromatic carbocycles. The van der Waals surface area contributed by atoms with E-state index in [4.69, 9.17) is 9.47 Å². The molecule has 4 rings (SSSR count). The van der Waals surface area contributed by atoms with Gasteiger partial charge in [-0.15, -0.1) is 0 Å². The zero-order valence-electron chi connectivity index (χ0n) is 19.2. The highest BCUT2D eigenvalue weighted by molar-refractivity contribution is 5.75. The molecule has 5 heteroatoms. The predicted molar refractivity (Wildman–Crippen MR) is 120 cm³/mol. The summed E-state index contributed by atoms with van der Waals surface area (Å²) in [5.41, 5.74) is 0. The number of carbonyl (C=O) groups excluding carboxylic acids is 1. The maximum Gasteiger partial charge on any atom is 0.314 e. The number of rotatable bonds is 6. The molecule has 0 bridgehead atoms. The lowest BCUT2D eigenvalue weighted by atomic mass is 9.59. The van der Waals surface area contributed by atoms with E-state index < -0.39 is 17.4 Å². The van der Waals surface area contributed by atoms with Gasteiger partial charge >= 0.3 is 5.97 Å². The van der Waals surface area contributed by atoms with Crippen LogP contribution < -0.4 is 9.47 Å². The maximum atomic E-state index is 14.2. The second-order valence-corrected chi connectivity index (χ2v) is 10.3. The van der Waals surface area contributed by atoms with Crippen LogP contribution in [0.25, 0.3) is 0 Å². The largest absolute Gasteiger partial charge is 0.483 e. The molecule has 1 aromatic rings. The molecule has 3 aliphatic carbocycles. The van der Waals surface area contributed by atoms with Crippen molar-refractivity contribution in [3.63, 3.8) is 0 Å². The van der Waals surface area contributed by atoms with E-state index in [0.29, 0.717) is 11.8 Å². The number of halogens is 2. The summed E-state index contributed by atoms with van der Waals surface area (Å²) < 4.78 is 39.0. The summed E-state index contributed by atoms with van der Waals surface area (Å²) in [5.74, 6) is 0.582. The SMILES string of the molecule is C=CCOc1c(F)cc(OC(=O)C2CCCC3CC(C4CCC(C)CC4)CCC32)cc1F. The van der Waals surface area contributed by atoms with Gasteiger partial charge in [0.2, 0.25) is 0 Å². The number of carbonyl (C=O) groups is 1. The van der Waals surface area contributed by atoms with E-state index in [1.54, 1.807) is 0 Å². The van der Waals surface area contributed by atoms with Crippen molar-refractivity contribution in [2.24, 2.45) is 35.5 Å². The number of ether oxygens (including phenoxy) is 2. The zero-order valence-corrected chi connectivity index (χ0v) is 19.2. The molecule has 3 fully saturated rings. The highest BCUT2D eigenvalue weighted by atomic mass is 19.1. The van der Waals surface area contributed by atoms with Crippen LogP contribution in [0.2, 0.25) is 0 Å². The summed E-state index contributed by atoms with van der Waals surface area (Å²) in [4.78, 5) is 13.0. The Morgan fingerprint density at radius 1 is 1.00 bits per heavy atom. The van der Waals surface area contributed by atoms with E-state index in [2.05, 4.69) is 13.5 Å². The number of benzene rings is 1. The number of hydrogen-bond acceptors (Lipinski definition) is 3. The molecule has 3 saturated carbocycles. The second-order valence-electron chi connectivity index (χ2n) is 10.3. The lowest BCUT2D eigenvalue weighted by molar-refractivity contribution is -0.144. The summed E-state index contributed by atoms with van der Waals surface area (Å²) in [6.45, 7) is 5.84. The predicted octanol–water partition coefficient (Wildman–Crippen LogP) is 7.09. The van der Waals surface area contributed by atoms with E-state index in [0.717, 1.165) is 49.1 Å². The molecule has 4 atom stereocenters. The Labute approximate surface area is 190 Å². The molecule has 0 heterocycles. The smallest absolute Gasteiger partial charge is 0.314 e. The van der Waals surface area contributed by atoms with Gasteiger partial charge in [0.1, 0.15) is 12.4 Å². The summed E-state index contributed by atoms with van der Waals surface area (Å²) in [5, 5.41) is 0. The van der Waals surface area contributed by atoms with E-state index in [-0.39, 0.29) is 24.2 Å². The minimum absolute atomic E-state index is 0.000998. The van der Waals surface area contributed by atoms with E-state index >= 15 is 0 Å². The fourth-order valence-electron chi connectivity index (χ4n) is 6.55. The van der Waals surface area contributed by atoms with Crippen molar-refractivity contribution < 1.29 is 23.0 Å². The molecular formula is C27H36F2O3. The van der Waals surface area contributed by atoms with Gasteiger partial charge in [-0.05, 0) is 68.1 Å². The third-order valence-corrected chi connectivity index (χ3v) is 8.25. The summed E-state index contributed by atoms with van der Waals surface area (Å²) in [6.07, 6.45) is 13.3. The minimum Gasteiger partial charge on any atom is -0.483 e. The van der Waals surface area contributed by atoms with Gasteiger partial charge in [-0.25, -0.2) is 8.78 Å². The molecule has 0 saturated heterocycles. The molecule has 0 aromatic heterocycles. The first-order chi connectivity index (χ1) is 15.5. The van der Waals surface area contributed by atoms with Crippen LogP contribution in [0.3, 0.4) is 0 Å². The Hall–Kier alpha value is -1.91. The molecule has 0 N–H and O–H groups in total. The lowest BCUT2D eigenvalue weighted by Gasteiger charge is -2.45. The Morgan fingerprint density at radius 2 is 1.69 bits per heavy atom. The zero-order chi connectivity index (χ0) is 22.7. The van der Waals surface area contributed by atoms with Gasteiger partial charge in [-0.1, -0.05) is 45.3 Å². The molecule has 176 valence electrons. The van der Waals surface area contributed by atoms with Crippen molar-refractivity contribution in [3.05, 3.63) is 36.4 Å². The molecule has 0 aliphatic heterocycles. The maximum absolute atomic E-state index is 14.2. The van der Waals surface area contributed by atoms with Crippen molar-refractivity contribution in [1.29, 1.82) is 0 Å². The normalized spacial score (nSPS) is 32.6. The van der Waals surface area contributed by atoms with Crippen LogP contribution in [0, 0.1) is 47.1 Å². The molecule has 0 radical (unpaired) electrons. The molecule has 3 nitrogen and oxygen atoms in total. The summed E-state index contributed by atoms with van der Waals surface area (Å²) >= 11 is 0. The van der Waals surface area contributed by atoms with Gasteiger partial charge < -0.3 is 9.47 Å². The van der Waals surface area contributed by atoms with Crippen molar-refractivity contribution in [2.75, 3.05) is 6.61 Å². The van der Waals surface area contributed by atoms with Gasteiger partial charge in [-0.3, -0.25) is 4.79 Å². The molecule has 4 unspecified atom stereocenters. The average Bonchev–Trinajstić information content (AvgIpc) is 2.78. The van der Waals surface area contributed by atoms with Gasteiger partial charge in [0.15, 0.2) is 17.4 Å². The fraction of sp³-hybridized carbons (Fsp3) is 0.667. The van der Waals surface area contributed by atoms with Gasteiger partial charge in [0.05, 0.1) is 5.92 Å². The van der Waals surface area contributed by atoms with Crippen LogP contribution in [0.1, 0.15) is 71.1 Å². The Kier molecular flexibility index (Phi) is 7.52. The van der Waals surface area contributed by atoms with Crippen molar-refractivity contribution >= 4 is 5.97 Å². The molecule has 0 amide bonds. The fourth-order valence-corrected chi connectivity index (χ4v) is 6.55. The van der Waals surface area contributed by atoms with Crippen molar-refractivity contribution in [1.82, 2.24) is 0 Å². The van der Waals surface area contributed by atoms with E-state index in [1.165, 1.54) is 51.0 Å². The Balaban J connectivity index is 1.38. The topological polar surface area (TPSA) is 35.5 Å². The first-order valence-electron chi connectivity index (χ1n) is 12.4. The van der Waals surface area contributed by atoms with Crippen LogP contribution in [-0.4, -0.2) is 12.6 Å². The first-order valence-corrected chi connectivity index (χ1v) is 12.4. The standard InChI is InChI=1S/C27H36F2O3/c1-3-13-31-26-24(28)15-21(16-25(26)29)32-27(30)23-6-4-5-20-14-19(11-12-22(20)23)18-9-7-17(2)8-10-18/h3,15-20,22-23H,1,4-14H2,2H3. The summed E-state index contributed by atoms with van der Waals surface area (Å²) in [6, 6.07) is 2.06. The van der Waals surface area contributed by atoms with Crippen LogP contribution in [0.15, 0.2) is 24.8 Å². The quantitative estimate of drug-likeness (QED) is 0.266. The number of hydrogen-bond donors (Lipinski definition) is 0. The molecule has 0 spiro atoms. The molecule has 3 aliphatic rings. The monoisotopic (exact) mass is 446 g/mol. The minimum atomic E-state index is -0.876. The van der Waals surface area contributed by atoms with E-state index in [9.17, 15) is 13.6 Å². The van der Waals surface area contributed by atoms with Crippen LogP contribution in [0.5, 0.6) is 11.5 Å². The summed E-state index contributed by atoms with van der Waals surface area (Å²) in [7, 11) is 0. The third kappa shape index (κ3) is 5.18. The first kappa shape index (κ1) is 23.3. The Bertz CT molecular complexity index is 792. The Morgan fingerprint density at radius 3 is 2.38 bits per heavy atom. The highest BCUT2D eigenvalue weighted by Crippen LogP contribution is 2.50. The molecule has 32 heavy (non-hydrogen) atoms. The lowest BCUT2D eigenvalue weighted by Crippen LogP contribution is -2.40. The highest BCUT2D eigenvalue weighted by Gasteiger charge is 2.43. The van der Waals surface area contributed by atoms with Gasteiger partial charge in [0, 0.05) is 12.1 Å². The van der Waals surface area contributed by atoms with Gasteiger partial charge in [0.25, 0.3) is 0 Å².